The van der Waals surface area contributed by atoms with Gasteiger partial charge < -0.3 is 52.3 Å². The molecule has 4 aliphatic heterocycles. The highest BCUT2D eigenvalue weighted by Gasteiger charge is 2.56. The Labute approximate surface area is 443 Å². The first-order valence-electron chi connectivity index (χ1n) is 24.3. The normalized spacial score (nSPS) is 24.6. The zero-order chi connectivity index (χ0) is 52.3. The van der Waals surface area contributed by atoms with Crippen LogP contribution in [0, 0.1) is 34.5 Å². The highest BCUT2D eigenvalue weighted by molar-refractivity contribution is 8.00. The summed E-state index contributed by atoms with van der Waals surface area (Å²) >= 11 is 14.5. The highest BCUT2D eigenvalue weighted by atomic mass is 32.2. The van der Waals surface area contributed by atoms with Crippen molar-refractivity contribution < 1.29 is 28.8 Å². The molecule has 0 spiro atoms. The van der Waals surface area contributed by atoms with Gasteiger partial charge in [0, 0.05) is 0 Å². The molecule has 10 atom stereocenters. The average molecular weight is 1060 g/mol. The zero-order valence-electron chi connectivity index (χ0n) is 42.2. The van der Waals surface area contributed by atoms with Crippen molar-refractivity contribution in [3.8, 4) is 23.7 Å². The number of thiocarbonyl (C=S) groups is 2. The number of nitrogens with one attached hydrogen (secondary N) is 8. The number of hydrogen-bond donors (Lipinski definition) is 8. The van der Waals surface area contributed by atoms with E-state index in [2.05, 4.69) is 66.2 Å². The minimum Gasteiger partial charge on any atom is -0.367 e. The molecule has 4 aliphatic rings. The van der Waals surface area contributed by atoms with Crippen molar-refractivity contribution in [2.75, 3.05) is 38.7 Å². The number of hydrogen-bond acceptors (Lipinski definition) is 12. The van der Waals surface area contributed by atoms with Gasteiger partial charge in [-0.15, -0.1) is 23.5 Å². The molecule has 2 aromatic carbocycles. The lowest BCUT2D eigenvalue weighted by atomic mass is 9.83. The third-order valence-electron chi connectivity index (χ3n) is 13.7. The lowest BCUT2D eigenvalue weighted by Gasteiger charge is -2.35. The van der Waals surface area contributed by atoms with Crippen LogP contribution in [0.15, 0.2) is 60.7 Å². The molecule has 2 unspecified atom stereocenters. The second-order valence-electron chi connectivity index (χ2n) is 19.8. The summed E-state index contributed by atoms with van der Waals surface area (Å²) in [6, 6.07) is 12.4. The van der Waals surface area contributed by atoms with E-state index in [1.165, 1.54) is 0 Å². The Morgan fingerprint density at radius 1 is 0.639 bits per heavy atom. The van der Waals surface area contributed by atoms with E-state index >= 15 is 0 Å². The van der Waals surface area contributed by atoms with Crippen molar-refractivity contribution in [3.63, 3.8) is 0 Å². The lowest BCUT2D eigenvalue weighted by molar-refractivity contribution is -0.143. The summed E-state index contributed by atoms with van der Waals surface area (Å²) in [4.78, 5) is 89.3. The minimum absolute atomic E-state index is 0.0906. The van der Waals surface area contributed by atoms with Crippen LogP contribution in [-0.2, 0) is 28.8 Å². The predicted molar refractivity (Wildman–Crippen MR) is 292 cm³/mol. The van der Waals surface area contributed by atoms with Gasteiger partial charge in [0.25, 0.3) is 0 Å². The molecule has 6 rings (SSSR count). The quantitative estimate of drug-likeness (QED) is 0.0901. The number of carbonyl (C=O) groups is 6. The second-order valence-corrected chi connectivity index (χ2v) is 23.2. The number of likely N-dealkylation sites (N-methyl/N-ethyl adjacent to an activating group) is 2. The van der Waals surface area contributed by atoms with Crippen LogP contribution < -0.4 is 42.5 Å². The molecule has 20 heteroatoms. The van der Waals surface area contributed by atoms with Crippen LogP contribution in [0.2, 0.25) is 0 Å². The maximum absolute atomic E-state index is 14.4. The first-order valence-corrected chi connectivity index (χ1v) is 27.3. The fourth-order valence-electron chi connectivity index (χ4n) is 9.54. The van der Waals surface area contributed by atoms with E-state index in [1.807, 2.05) is 53.7 Å². The fraction of sp³-hybridized carbons (Fsp3) is 0.538. The summed E-state index contributed by atoms with van der Waals surface area (Å²) in [6.07, 6.45) is 2.32. The van der Waals surface area contributed by atoms with E-state index in [-0.39, 0.29) is 47.7 Å². The number of thioether (sulfide) groups is 2. The van der Waals surface area contributed by atoms with Gasteiger partial charge in [0.1, 0.15) is 36.3 Å². The number of nitrogens with zero attached hydrogens (tertiary/aromatic N) is 2. The fourth-order valence-corrected chi connectivity index (χ4v) is 13.2. The van der Waals surface area contributed by atoms with Gasteiger partial charge in [-0.05, 0) is 98.9 Å². The van der Waals surface area contributed by atoms with Crippen molar-refractivity contribution >= 4 is 93.4 Å². The Morgan fingerprint density at radius 2 is 1.00 bits per heavy atom. The van der Waals surface area contributed by atoms with Crippen LogP contribution in [0.3, 0.4) is 0 Å². The van der Waals surface area contributed by atoms with E-state index in [0.29, 0.717) is 58.3 Å². The topological polar surface area (TPSA) is 205 Å². The smallest absolute Gasteiger partial charge is 0.247 e. The summed E-state index contributed by atoms with van der Waals surface area (Å²) in [5.41, 5.74) is -0.0793. The van der Waals surface area contributed by atoms with E-state index in [4.69, 9.17) is 24.4 Å². The Bertz CT molecular complexity index is 2310. The van der Waals surface area contributed by atoms with E-state index in [9.17, 15) is 28.8 Å². The summed E-state index contributed by atoms with van der Waals surface area (Å²) in [6.45, 7) is 11.5. The number of rotatable bonds is 16. The number of benzene rings is 2. The monoisotopic (exact) mass is 1060 g/mol. The van der Waals surface area contributed by atoms with Crippen LogP contribution in [0.25, 0.3) is 0 Å². The maximum atomic E-state index is 14.4. The Morgan fingerprint density at radius 3 is 1.35 bits per heavy atom. The molecule has 6 amide bonds. The molecule has 0 aromatic heterocycles. The molecule has 8 N–H and O–H groups in total. The molecule has 0 radical (unpaired) electrons. The van der Waals surface area contributed by atoms with Crippen molar-refractivity contribution in [2.24, 2.45) is 10.8 Å². The number of carbonyl (C=O) groups excluding carboxylic acids is 6. The molecule has 16 nitrogen and oxygen atoms in total. The maximum Gasteiger partial charge on any atom is 0.247 e. The molecule has 72 heavy (non-hydrogen) atoms. The van der Waals surface area contributed by atoms with Gasteiger partial charge in [0.05, 0.1) is 45.9 Å². The first kappa shape index (κ1) is 56.1. The van der Waals surface area contributed by atoms with Crippen LogP contribution in [0.5, 0.6) is 0 Å². The van der Waals surface area contributed by atoms with Gasteiger partial charge in [0.15, 0.2) is 0 Å². The summed E-state index contributed by atoms with van der Waals surface area (Å²) < 4.78 is 0. The second kappa shape index (κ2) is 25.1. The molecule has 2 aromatic rings. The van der Waals surface area contributed by atoms with Gasteiger partial charge in [-0.3, -0.25) is 28.8 Å². The third kappa shape index (κ3) is 13.5. The Hall–Kier alpha value is -5.22. The summed E-state index contributed by atoms with van der Waals surface area (Å²) in [7, 11) is 3.59. The number of fused-ring (bicyclic) bond motifs is 2. The van der Waals surface area contributed by atoms with Crippen LogP contribution in [-0.4, -0.2) is 141 Å². The predicted octanol–water partition coefficient (Wildman–Crippen LogP) is 2.91. The molecule has 0 bridgehead atoms. The van der Waals surface area contributed by atoms with Gasteiger partial charge in [-0.2, -0.15) is 0 Å². The number of amides is 6. The molecule has 386 valence electrons. The van der Waals surface area contributed by atoms with E-state index < -0.39 is 70.7 Å². The highest BCUT2D eigenvalue weighted by Crippen LogP contribution is 2.48. The van der Waals surface area contributed by atoms with Crippen LogP contribution in [0.4, 0.5) is 0 Å². The average Bonchev–Trinajstić information content (AvgIpc) is 3.68. The standard InChI is InChI=1S/C52H68N10O6S4/c1-31(53-7)47(69)57-35-23-27-71-37-29-51(3,4)41(61(37)49(35)67)45(65)59-39(33-19-13-11-14-20-33)43(63)55-25-17-9-10-18-26-56-44(64)40(34-21-15-12-16-22-34)60-46(66)42-52(5,6)30-38-62(42)50(68)36(24-28-72-38)58-48(70)32(2)54-8/h11-16,19-22,31-32,35-42,53-54H,23-30H2,1-8H3,(H,55,63)(H,56,64)(H,57,69)(H,58,70)(H,59,65)(H,60,66)/t31-,32+,35-,36+,37?,38?,39-,40+,41+,42-. The van der Waals surface area contributed by atoms with E-state index in [0.717, 1.165) is 0 Å². The van der Waals surface area contributed by atoms with Gasteiger partial charge in [-0.25, -0.2) is 0 Å². The lowest BCUT2D eigenvalue weighted by Crippen LogP contribution is -2.58. The molecule has 4 heterocycles. The van der Waals surface area contributed by atoms with Crippen molar-refractivity contribution in [1.82, 2.24) is 52.3 Å². The van der Waals surface area contributed by atoms with Crippen LogP contribution >= 0.6 is 48.0 Å². The summed E-state index contributed by atoms with van der Waals surface area (Å²) in [5, 5.41) is 23.8. The molecule has 0 saturated carbocycles. The van der Waals surface area contributed by atoms with Crippen molar-refractivity contribution in [1.29, 1.82) is 0 Å². The third-order valence-corrected chi connectivity index (χ3v) is 17.1. The van der Waals surface area contributed by atoms with Crippen LogP contribution in [0.1, 0.15) is 90.4 Å². The summed E-state index contributed by atoms with van der Waals surface area (Å²) in [5.74, 6) is 10.2. The Balaban J connectivity index is 1.08. The SMILES string of the molecule is CN[C@@H](C)C(=S)N[C@H]1CCSC2CC(C)(C)[C@@H](C(=O)N[C@H](C(=O)NCC#CC#CCNC(=O)[C@H](NC(=O)[C@@H]3N4C(=O)[C@H](NC(=S)[C@@H](C)NC)CCSC4CC3(C)C)c3ccccc3)c3ccccc3)N2C1=O. The van der Waals surface area contributed by atoms with Crippen molar-refractivity contribution in [2.45, 2.75) is 126 Å². The molecular formula is C52H68N10O6S4. The first-order chi connectivity index (χ1) is 34.3. The molecule has 4 fully saturated rings. The van der Waals surface area contributed by atoms with Crippen molar-refractivity contribution in [3.05, 3.63) is 71.8 Å². The van der Waals surface area contributed by atoms with Gasteiger partial charge in [-0.1, -0.05) is 125 Å². The zero-order valence-corrected chi connectivity index (χ0v) is 45.4. The van der Waals surface area contributed by atoms with E-state index in [1.54, 1.807) is 95.9 Å². The molecular weight excluding hydrogens is 989 g/mol. The van der Waals surface area contributed by atoms with Gasteiger partial charge in [0.2, 0.25) is 35.4 Å². The molecule has 0 aliphatic carbocycles. The Kier molecular flexibility index (Phi) is 19.6. The largest absolute Gasteiger partial charge is 0.367 e. The minimum atomic E-state index is -1.09. The van der Waals surface area contributed by atoms with Gasteiger partial charge >= 0.3 is 0 Å². The molecule has 4 saturated heterocycles.